The maximum atomic E-state index is 13.0. The minimum atomic E-state index is -0.476. The summed E-state index contributed by atoms with van der Waals surface area (Å²) < 4.78 is 12.0. The number of halogens is 2. The van der Waals surface area contributed by atoms with Crippen molar-refractivity contribution in [1.29, 1.82) is 0 Å². The molecule has 1 N–H and O–H groups in total. The number of carbonyl (C=O) groups is 2. The highest BCUT2D eigenvalue weighted by Crippen LogP contribution is 2.37. The van der Waals surface area contributed by atoms with Crippen molar-refractivity contribution in [3.05, 3.63) is 75.2 Å². The lowest BCUT2D eigenvalue weighted by Crippen LogP contribution is -2.39. The van der Waals surface area contributed by atoms with Crippen LogP contribution in [0.3, 0.4) is 0 Å². The van der Waals surface area contributed by atoms with E-state index in [4.69, 9.17) is 14.1 Å². The predicted octanol–water partition coefficient (Wildman–Crippen LogP) is 5.32. The van der Waals surface area contributed by atoms with Crippen LogP contribution < -0.4 is 10.2 Å². The second-order valence-electron chi connectivity index (χ2n) is 8.74. The van der Waals surface area contributed by atoms with Crippen molar-refractivity contribution in [3.8, 4) is 17.1 Å². The number of hydrogen-bond donors (Lipinski definition) is 1. The van der Waals surface area contributed by atoms with Crippen LogP contribution in [0.15, 0.2) is 68.3 Å². The molecular formula is C26H26Br2N4O5. The molecule has 0 bridgehead atoms. The number of rotatable bonds is 9. The van der Waals surface area contributed by atoms with Gasteiger partial charge in [0.05, 0.1) is 8.95 Å². The minimum Gasteiger partial charge on any atom is -0.481 e. The average Bonchev–Trinajstić information content (AvgIpc) is 3.38. The second kappa shape index (κ2) is 12.4. The Kier molecular flexibility index (Phi) is 8.99. The van der Waals surface area contributed by atoms with E-state index in [1.54, 1.807) is 24.0 Å². The molecule has 0 atom stereocenters. The smallest absolute Gasteiger partial charge is 0.316 e. The third-order valence-corrected chi connectivity index (χ3v) is 7.00. The molecule has 0 aliphatic carbocycles. The molecule has 0 spiro atoms. The lowest BCUT2D eigenvalue weighted by molar-refractivity contribution is -0.132. The highest BCUT2D eigenvalue weighted by atomic mass is 79.9. The highest BCUT2D eigenvalue weighted by molar-refractivity contribution is 9.11. The van der Waals surface area contributed by atoms with Gasteiger partial charge < -0.3 is 19.0 Å². The maximum absolute atomic E-state index is 13.0. The van der Waals surface area contributed by atoms with Gasteiger partial charge in [-0.15, -0.1) is 0 Å². The number of nitrogens with zero attached hydrogens (tertiary/aromatic N) is 3. The molecule has 2 heterocycles. The number of benzene rings is 2. The summed E-state index contributed by atoms with van der Waals surface area (Å²) in [6.07, 6.45) is 2.88. The summed E-state index contributed by atoms with van der Waals surface area (Å²) in [7, 11) is 0. The van der Waals surface area contributed by atoms with Gasteiger partial charge in [-0.3, -0.25) is 9.59 Å². The lowest BCUT2D eigenvalue weighted by atomic mass is 9.90. The van der Waals surface area contributed by atoms with Crippen LogP contribution in [-0.2, 0) is 16.1 Å². The molecule has 2 amide bonds. The number of amides is 2. The number of likely N-dealkylation sites (tertiary alicyclic amines) is 1. The van der Waals surface area contributed by atoms with Gasteiger partial charge >= 0.3 is 11.8 Å². The summed E-state index contributed by atoms with van der Waals surface area (Å²) in [5.41, 5.74) is 4.14. The van der Waals surface area contributed by atoms with E-state index in [-0.39, 0.29) is 24.2 Å². The minimum absolute atomic E-state index is 0.0433. The van der Waals surface area contributed by atoms with Crippen molar-refractivity contribution in [2.75, 3.05) is 19.7 Å². The summed E-state index contributed by atoms with van der Waals surface area (Å²) in [5.74, 6) is 0.790. The molecule has 9 nitrogen and oxygen atoms in total. The van der Waals surface area contributed by atoms with Crippen molar-refractivity contribution >= 4 is 43.7 Å². The Morgan fingerprint density at radius 3 is 2.49 bits per heavy atom. The van der Waals surface area contributed by atoms with Crippen LogP contribution >= 0.6 is 31.9 Å². The molecule has 0 radical (unpaired) electrons. The summed E-state index contributed by atoms with van der Waals surface area (Å²) in [6.45, 7) is 6.18. The average molecular weight is 634 g/mol. The highest BCUT2D eigenvalue weighted by Gasteiger charge is 2.28. The van der Waals surface area contributed by atoms with Crippen LogP contribution in [0, 0.1) is 5.92 Å². The van der Waals surface area contributed by atoms with Crippen molar-refractivity contribution < 1.29 is 23.7 Å². The van der Waals surface area contributed by atoms with Gasteiger partial charge in [-0.2, -0.15) is 10.5 Å². The zero-order valence-corrected chi connectivity index (χ0v) is 23.4. The van der Waals surface area contributed by atoms with Gasteiger partial charge in [-0.05, 0) is 81.7 Å². The van der Waals surface area contributed by atoms with E-state index in [1.165, 1.54) is 5.56 Å². The van der Waals surface area contributed by atoms with Gasteiger partial charge in [-0.1, -0.05) is 42.1 Å². The molecule has 0 saturated carbocycles. The molecule has 11 heteroatoms. The van der Waals surface area contributed by atoms with Crippen LogP contribution in [0.25, 0.3) is 11.4 Å². The number of nitrogens with one attached hydrogen (secondary N) is 1. The Morgan fingerprint density at radius 1 is 1.16 bits per heavy atom. The predicted molar refractivity (Wildman–Crippen MR) is 143 cm³/mol. The van der Waals surface area contributed by atoms with E-state index in [0.29, 0.717) is 45.0 Å². The molecule has 0 unspecified atom stereocenters. The van der Waals surface area contributed by atoms with E-state index in [0.717, 1.165) is 19.3 Å². The van der Waals surface area contributed by atoms with Gasteiger partial charge in [-0.25, -0.2) is 0 Å². The molecule has 1 saturated heterocycles. The Hall–Kier alpha value is -3.18. The van der Waals surface area contributed by atoms with Crippen molar-refractivity contribution in [3.63, 3.8) is 0 Å². The largest absolute Gasteiger partial charge is 0.481 e. The number of hydroxylamine groups is 1. The van der Waals surface area contributed by atoms with Crippen LogP contribution in [0.2, 0.25) is 0 Å². The number of ether oxygens (including phenoxy) is 1. The summed E-state index contributed by atoms with van der Waals surface area (Å²) in [6, 6.07) is 13.9. The molecular weight excluding hydrogens is 608 g/mol. The van der Waals surface area contributed by atoms with Gasteiger partial charge in [0.15, 0.2) is 6.61 Å². The standard InChI is InChI=1S/C26H26Br2N4O5/c1-16(2)36-30-22(33)15-35-23-20(27)13-19(14-21(23)28)24-29-25(37-31-24)26(34)32-10-8-18(9-11-32)12-17-6-4-3-5-7-17/h3-7,13-14,18H,1,8-12,15H2,2H3,(H,30,33). The van der Waals surface area contributed by atoms with E-state index in [1.807, 2.05) is 6.07 Å². The normalized spacial score (nSPS) is 13.8. The zero-order chi connectivity index (χ0) is 26.4. The van der Waals surface area contributed by atoms with Crippen LogP contribution in [0.1, 0.15) is 36.0 Å². The molecule has 1 fully saturated rings. The fourth-order valence-electron chi connectivity index (χ4n) is 3.99. The molecule has 3 aromatic rings. The van der Waals surface area contributed by atoms with Crippen molar-refractivity contribution in [2.45, 2.75) is 26.2 Å². The maximum Gasteiger partial charge on any atom is 0.316 e. The monoisotopic (exact) mass is 632 g/mol. The quantitative estimate of drug-likeness (QED) is 0.251. The number of piperidine rings is 1. The van der Waals surface area contributed by atoms with E-state index in [9.17, 15) is 9.59 Å². The Labute approximate surface area is 231 Å². The fraction of sp³-hybridized carbons (Fsp3) is 0.308. The third-order valence-electron chi connectivity index (χ3n) is 5.82. The first-order chi connectivity index (χ1) is 17.8. The SMILES string of the molecule is C=C(C)ONC(=O)COc1c(Br)cc(-c2noc(C(=O)N3CCC(Cc4ccccc4)CC3)n2)cc1Br. The van der Waals surface area contributed by atoms with Crippen LogP contribution in [0.5, 0.6) is 5.75 Å². The van der Waals surface area contributed by atoms with Gasteiger partial charge in [0.25, 0.3) is 5.91 Å². The molecule has 1 aromatic heterocycles. The third kappa shape index (κ3) is 7.20. The van der Waals surface area contributed by atoms with Gasteiger partial charge in [0.2, 0.25) is 5.82 Å². The zero-order valence-electron chi connectivity index (χ0n) is 20.2. The molecule has 194 valence electrons. The summed E-state index contributed by atoms with van der Waals surface area (Å²) in [4.78, 5) is 35.8. The lowest BCUT2D eigenvalue weighted by Gasteiger charge is -2.31. The molecule has 37 heavy (non-hydrogen) atoms. The molecule has 2 aromatic carbocycles. The molecule has 1 aliphatic rings. The first-order valence-corrected chi connectivity index (χ1v) is 13.3. The number of carbonyl (C=O) groups excluding carboxylic acids is 2. The fourth-order valence-corrected chi connectivity index (χ4v) is 5.40. The van der Waals surface area contributed by atoms with Gasteiger partial charge in [0, 0.05) is 18.7 Å². The first-order valence-electron chi connectivity index (χ1n) is 11.7. The second-order valence-corrected chi connectivity index (χ2v) is 10.4. The number of allylic oxidation sites excluding steroid dienone is 1. The van der Waals surface area contributed by atoms with Crippen molar-refractivity contribution in [1.82, 2.24) is 20.5 Å². The molecule has 1 aliphatic heterocycles. The molecule has 4 rings (SSSR count). The summed E-state index contributed by atoms with van der Waals surface area (Å²) in [5, 5.41) is 4.00. The van der Waals surface area contributed by atoms with Crippen LogP contribution in [-0.4, -0.2) is 46.6 Å². The number of aromatic nitrogens is 2. The Bertz CT molecular complexity index is 1250. The van der Waals surface area contributed by atoms with Gasteiger partial charge in [0.1, 0.15) is 11.5 Å². The van der Waals surface area contributed by atoms with E-state index >= 15 is 0 Å². The first kappa shape index (κ1) is 26.9. The van der Waals surface area contributed by atoms with Crippen molar-refractivity contribution in [2.24, 2.45) is 5.92 Å². The Morgan fingerprint density at radius 2 is 1.84 bits per heavy atom. The Balaban J connectivity index is 1.35. The number of hydrogen-bond acceptors (Lipinski definition) is 7. The summed E-state index contributed by atoms with van der Waals surface area (Å²) >= 11 is 6.88. The van der Waals surface area contributed by atoms with Crippen LogP contribution in [0.4, 0.5) is 0 Å². The topological polar surface area (TPSA) is 107 Å². The van der Waals surface area contributed by atoms with E-state index < -0.39 is 5.91 Å². The van der Waals surface area contributed by atoms with E-state index in [2.05, 4.69) is 78.3 Å².